The van der Waals surface area contributed by atoms with Gasteiger partial charge in [0.2, 0.25) is 5.91 Å². The Morgan fingerprint density at radius 3 is 2.50 bits per heavy atom. The van der Waals surface area contributed by atoms with Gasteiger partial charge in [0.05, 0.1) is 0 Å². The number of nitrogens with zero attached hydrogens (tertiary/aromatic N) is 1. The number of anilines is 1. The summed E-state index contributed by atoms with van der Waals surface area (Å²) in [6, 6.07) is 5.25. The Labute approximate surface area is 154 Å². The fourth-order valence-electron chi connectivity index (χ4n) is 2.66. The van der Waals surface area contributed by atoms with Crippen LogP contribution < -0.4 is 5.32 Å². The summed E-state index contributed by atoms with van der Waals surface area (Å²) in [7, 11) is 0. The highest BCUT2D eigenvalue weighted by Crippen LogP contribution is 2.26. The number of alkyl halides is 2. The van der Waals surface area contributed by atoms with E-state index in [9.17, 15) is 23.2 Å². The van der Waals surface area contributed by atoms with Gasteiger partial charge in [-0.25, -0.2) is 4.79 Å². The highest BCUT2D eigenvalue weighted by molar-refractivity contribution is 7.99. The molecule has 1 N–H and O–H groups in total. The van der Waals surface area contributed by atoms with Gasteiger partial charge in [-0.3, -0.25) is 9.59 Å². The van der Waals surface area contributed by atoms with Crippen LogP contribution in [0.15, 0.2) is 29.2 Å². The number of rotatable bonds is 6. The second-order valence-electron chi connectivity index (χ2n) is 5.84. The zero-order valence-corrected chi connectivity index (χ0v) is 15.2. The second-order valence-corrected chi connectivity index (χ2v) is 6.91. The number of ether oxygens (including phenoxy) is 1. The minimum Gasteiger partial charge on any atom is -0.451 e. The molecule has 0 saturated carbocycles. The van der Waals surface area contributed by atoms with E-state index in [1.165, 1.54) is 43.0 Å². The molecule has 1 aliphatic heterocycles. The molecule has 26 heavy (non-hydrogen) atoms. The zero-order valence-electron chi connectivity index (χ0n) is 14.4. The number of halogens is 2. The summed E-state index contributed by atoms with van der Waals surface area (Å²) in [4.78, 5) is 37.7. The van der Waals surface area contributed by atoms with Crippen LogP contribution in [-0.4, -0.2) is 47.1 Å². The Morgan fingerprint density at radius 2 is 1.92 bits per heavy atom. The Hall–Kier alpha value is -2.16. The van der Waals surface area contributed by atoms with Crippen LogP contribution in [0.25, 0.3) is 0 Å². The van der Waals surface area contributed by atoms with Gasteiger partial charge in [-0.15, -0.1) is 0 Å². The van der Waals surface area contributed by atoms with Gasteiger partial charge in [-0.2, -0.15) is 8.78 Å². The Balaban J connectivity index is 1.89. The fourth-order valence-corrected chi connectivity index (χ4v) is 3.16. The van der Waals surface area contributed by atoms with Crippen molar-refractivity contribution in [1.29, 1.82) is 0 Å². The maximum atomic E-state index is 12.3. The van der Waals surface area contributed by atoms with Crippen molar-refractivity contribution in [2.45, 2.75) is 49.5 Å². The van der Waals surface area contributed by atoms with Crippen LogP contribution in [0.1, 0.15) is 26.7 Å². The molecule has 2 amide bonds. The standard InChI is InChI=1S/C17H20F2N2O4S/c1-10(25-16(24)14-4-3-9-21(14)11(2)22)15(23)20-12-5-7-13(8-6-12)26-17(18)19/h5-8,10,14,17H,3-4,9H2,1-2H3,(H,20,23)/t10-,14-/m1/s1. The fraction of sp³-hybridized carbons (Fsp3) is 0.471. The van der Waals surface area contributed by atoms with E-state index in [0.717, 1.165) is 0 Å². The van der Waals surface area contributed by atoms with E-state index in [1.807, 2.05) is 0 Å². The van der Waals surface area contributed by atoms with Gasteiger partial charge in [0.1, 0.15) is 6.04 Å². The maximum absolute atomic E-state index is 12.3. The number of carbonyl (C=O) groups is 3. The van der Waals surface area contributed by atoms with Crippen LogP contribution in [0.2, 0.25) is 0 Å². The normalized spacial score (nSPS) is 17.9. The van der Waals surface area contributed by atoms with E-state index in [1.54, 1.807) is 0 Å². The van der Waals surface area contributed by atoms with E-state index in [2.05, 4.69) is 5.32 Å². The molecule has 1 fully saturated rings. The molecular formula is C17H20F2N2O4S. The molecule has 2 rings (SSSR count). The average molecular weight is 386 g/mol. The molecule has 6 nitrogen and oxygen atoms in total. The van der Waals surface area contributed by atoms with Crippen LogP contribution in [0, 0.1) is 0 Å². The van der Waals surface area contributed by atoms with E-state index in [4.69, 9.17) is 4.74 Å². The lowest BCUT2D eigenvalue weighted by Gasteiger charge is -2.23. The first-order valence-corrected chi connectivity index (χ1v) is 8.99. The molecule has 0 radical (unpaired) electrons. The average Bonchev–Trinajstić information content (AvgIpc) is 3.06. The Kier molecular flexibility index (Phi) is 6.96. The summed E-state index contributed by atoms with van der Waals surface area (Å²) in [6.45, 7) is 3.32. The maximum Gasteiger partial charge on any atom is 0.329 e. The summed E-state index contributed by atoms with van der Waals surface area (Å²) < 4.78 is 29.7. The van der Waals surface area contributed by atoms with Gasteiger partial charge >= 0.3 is 5.97 Å². The first-order valence-electron chi connectivity index (χ1n) is 8.11. The van der Waals surface area contributed by atoms with Crippen molar-refractivity contribution < 1.29 is 27.9 Å². The lowest BCUT2D eigenvalue weighted by molar-refractivity contribution is -0.159. The third-order valence-electron chi connectivity index (χ3n) is 3.94. The number of thioether (sulfide) groups is 1. The van der Waals surface area contributed by atoms with Gasteiger partial charge < -0.3 is 15.0 Å². The van der Waals surface area contributed by atoms with E-state index >= 15 is 0 Å². The molecular weight excluding hydrogens is 366 g/mol. The van der Waals surface area contributed by atoms with Gasteiger partial charge in [-0.1, -0.05) is 11.8 Å². The summed E-state index contributed by atoms with van der Waals surface area (Å²) >= 11 is 0.410. The SMILES string of the molecule is CC(=O)N1CCC[C@@H]1C(=O)O[C@H](C)C(=O)Nc1ccc(SC(F)F)cc1. The molecule has 2 atom stereocenters. The highest BCUT2D eigenvalue weighted by Gasteiger charge is 2.35. The number of hydrogen-bond acceptors (Lipinski definition) is 5. The first-order chi connectivity index (χ1) is 12.3. The molecule has 1 aliphatic rings. The predicted molar refractivity (Wildman–Crippen MR) is 92.9 cm³/mol. The summed E-state index contributed by atoms with van der Waals surface area (Å²) in [5.41, 5.74) is 0.405. The topological polar surface area (TPSA) is 75.7 Å². The molecule has 1 heterocycles. The summed E-state index contributed by atoms with van der Waals surface area (Å²) in [5.74, 6) is -3.87. The zero-order chi connectivity index (χ0) is 19.3. The van der Waals surface area contributed by atoms with Crippen LogP contribution in [0.3, 0.4) is 0 Å². The summed E-state index contributed by atoms with van der Waals surface area (Å²) in [5, 5.41) is 2.56. The number of nitrogens with one attached hydrogen (secondary N) is 1. The number of benzene rings is 1. The number of amides is 2. The third kappa shape index (κ3) is 5.42. The first kappa shape index (κ1) is 20.2. The lowest BCUT2D eigenvalue weighted by atomic mass is 10.2. The van der Waals surface area contributed by atoms with E-state index in [-0.39, 0.29) is 5.91 Å². The monoisotopic (exact) mass is 386 g/mol. The lowest BCUT2D eigenvalue weighted by Crippen LogP contribution is -2.42. The Morgan fingerprint density at radius 1 is 1.27 bits per heavy atom. The molecule has 0 bridgehead atoms. The quantitative estimate of drug-likeness (QED) is 0.601. The van der Waals surface area contributed by atoms with Gasteiger partial charge in [-0.05, 0) is 44.0 Å². The van der Waals surface area contributed by atoms with Crippen molar-refractivity contribution in [3.8, 4) is 0 Å². The van der Waals surface area contributed by atoms with Crippen molar-refractivity contribution in [3.05, 3.63) is 24.3 Å². The Bertz CT molecular complexity index is 669. The molecule has 1 aromatic carbocycles. The van der Waals surface area contributed by atoms with Crippen molar-refractivity contribution >= 4 is 35.2 Å². The molecule has 0 unspecified atom stereocenters. The molecule has 0 aromatic heterocycles. The van der Waals surface area contributed by atoms with E-state index in [0.29, 0.717) is 41.7 Å². The predicted octanol–water partition coefficient (Wildman–Crippen LogP) is 2.88. The highest BCUT2D eigenvalue weighted by atomic mass is 32.2. The molecule has 1 aromatic rings. The van der Waals surface area contributed by atoms with Crippen LogP contribution in [0.4, 0.5) is 14.5 Å². The number of likely N-dealkylation sites (tertiary alicyclic amines) is 1. The summed E-state index contributed by atoms with van der Waals surface area (Å²) in [6.07, 6.45) is 0.172. The smallest absolute Gasteiger partial charge is 0.329 e. The third-order valence-corrected chi connectivity index (χ3v) is 4.66. The van der Waals surface area contributed by atoms with Gasteiger partial charge in [0.15, 0.2) is 6.10 Å². The molecule has 142 valence electrons. The van der Waals surface area contributed by atoms with Crippen LogP contribution >= 0.6 is 11.8 Å². The van der Waals surface area contributed by atoms with Crippen molar-refractivity contribution in [2.75, 3.05) is 11.9 Å². The minimum absolute atomic E-state index is 0.205. The number of esters is 1. The second kappa shape index (κ2) is 8.98. The molecule has 0 spiro atoms. The van der Waals surface area contributed by atoms with Crippen molar-refractivity contribution in [3.63, 3.8) is 0 Å². The number of carbonyl (C=O) groups excluding carboxylic acids is 3. The van der Waals surface area contributed by atoms with Crippen molar-refractivity contribution in [1.82, 2.24) is 4.90 Å². The van der Waals surface area contributed by atoms with Crippen LogP contribution in [0.5, 0.6) is 0 Å². The van der Waals surface area contributed by atoms with E-state index < -0.39 is 29.8 Å². The van der Waals surface area contributed by atoms with Crippen molar-refractivity contribution in [2.24, 2.45) is 0 Å². The van der Waals surface area contributed by atoms with Gasteiger partial charge in [0, 0.05) is 24.1 Å². The van der Waals surface area contributed by atoms with Crippen LogP contribution in [-0.2, 0) is 19.1 Å². The molecule has 9 heteroatoms. The molecule has 0 aliphatic carbocycles. The number of hydrogen-bond donors (Lipinski definition) is 1. The largest absolute Gasteiger partial charge is 0.451 e. The molecule has 1 saturated heterocycles. The van der Waals surface area contributed by atoms with Gasteiger partial charge in [0.25, 0.3) is 11.7 Å². The minimum atomic E-state index is -2.51.